The lowest BCUT2D eigenvalue weighted by atomic mass is 9.88. The molecule has 3 aromatic rings. The normalized spacial score (nSPS) is 17.8. The van der Waals surface area contributed by atoms with Crippen LogP contribution in [0.4, 0.5) is 11.6 Å². The molecule has 0 fully saturated rings. The molecule has 0 bridgehead atoms. The summed E-state index contributed by atoms with van der Waals surface area (Å²) in [6, 6.07) is 12.4. The fourth-order valence-corrected chi connectivity index (χ4v) is 4.31. The van der Waals surface area contributed by atoms with Gasteiger partial charge in [-0.2, -0.15) is 0 Å². The third-order valence-electron chi connectivity index (χ3n) is 5.67. The van der Waals surface area contributed by atoms with E-state index in [2.05, 4.69) is 4.98 Å². The van der Waals surface area contributed by atoms with E-state index in [9.17, 15) is 19.7 Å². The van der Waals surface area contributed by atoms with Crippen molar-refractivity contribution in [1.82, 2.24) is 9.55 Å². The molecule has 0 aliphatic carbocycles. The maximum Gasteiger partial charge on any atom is 0.321 e. The van der Waals surface area contributed by atoms with Gasteiger partial charge in [-0.3, -0.25) is 24.6 Å². The average molecular weight is 452 g/mol. The van der Waals surface area contributed by atoms with Crippen molar-refractivity contribution in [3.05, 3.63) is 64.2 Å². The van der Waals surface area contributed by atoms with E-state index in [1.165, 1.54) is 11.0 Å². The maximum atomic E-state index is 13.7. The van der Waals surface area contributed by atoms with Gasteiger partial charge in [0.1, 0.15) is 0 Å². The molecular formula is C23H24N4O6. The lowest BCUT2D eigenvalue weighted by Gasteiger charge is -2.37. The highest BCUT2D eigenvalue weighted by molar-refractivity contribution is 6.08. The Labute approximate surface area is 189 Å². The molecule has 10 nitrogen and oxygen atoms in total. The number of anilines is 1. The second kappa shape index (κ2) is 9.37. The third kappa shape index (κ3) is 3.93. The first kappa shape index (κ1) is 22.4. The maximum absolute atomic E-state index is 13.7. The number of imidazole rings is 1. The van der Waals surface area contributed by atoms with Gasteiger partial charge in [-0.05, 0) is 25.5 Å². The molecule has 0 spiro atoms. The quantitative estimate of drug-likeness (QED) is 0.169. The van der Waals surface area contributed by atoms with Gasteiger partial charge in [0, 0.05) is 26.3 Å². The minimum absolute atomic E-state index is 0.0768. The van der Waals surface area contributed by atoms with Crippen LogP contribution in [0.15, 0.2) is 48.5 Å². The molecule has 4 rings (SSSR count). The van der Waals surface area contributed by atoms with Crippen LogP contribution in [0, 0.1) is 16.0 Å². The van der Waals surface area contributed by atoms with E-state index in [1.807, 2.05) is 18.2 Å². The van der Waals surface area contributed by atoms with E-state index in [1.54, 1.807) is 42.9 Å². The van der Waals surface area contributed by atoms with Gasteiger partial charge < -0.3 is 14.0 Å². The van der Waals surface area contributed by atoms with Crippen LogP contribution >= 0.6 is 0 Å². The average Bonchev–Trinajstić information content (AvgIpc) is 3.19. The number of carbonyl (C=O) groups excluding carboxylic acids is 2. The molecule has 2 aromatic carbocycles. The number of amides is 1. The first-order chi connectivity index (χ1) is 16.0. The van der Waals surface area contributed by atoms with Crippen molar-refractivity contribution in [3.63, 3.8) is 0 Å². The zero-order valence-corrected chi connectivity index (χ0v) is 18.3. The van der Waals surface area contributed by atoms with Crippen LogP contribution in [0.1, 0.15) is 24.9 Å². The summed E-state index contributed by atoms with van der Waals surface area (Å²) in [6.45, 7) is 2.42. The van der Waals surface area contributed by atoms with Gasteiger partial charge in [-0.15, -0.1) is 0 Å². The van der Waals surface area contributed by atoms with Gasteiger partial charge >= 0.3 is 5.97 Å². The molecule has 1 aliphatic heterocycles. The Morgan fingerprint density at radius 1 is 1.18 bits per heavy atom. The molecule has 2 heterocycles. The van der Waals surface area contributed by atoms with Crippen molar-refractivity contribution in [1.29, 1.82) is 0 Å². The standard InChI is InChI=1S/C23H24N4O6/c1-3-33-22(29)19-20(15-9-4-6-11-17(15)27(30)31)26-18-12-7-5-10-16(18)24-23(26)25(21(19)28)13-8-14-32-2/h4-7,9-12,19-20H,3,8,13-14H2,1-2H3/t19-,20+/m1/s1. The van der Waals surface area contributed by atoms with E-state index >= 15 is 0 Å². The molecule has 10 heteroatoms. The molecule has 172 valence electrons. The number of methoxy groups -OCH3 is 1. The van der Waals surface area contributed by atoms with Gasteiger partial charge in [-0.1, -0.05) is 30.3 Å². The van der Waals surface area contributed by atoms with Gasteiger partial charge in [0.05, 0.1) is 34.2 Å². The van der Waals surface area contributed by atoms with Crippen molar-refractivity contribution in [2.45, 2.75) is 19.4 Å². The Balaban J connectivity index is 2.00. The molecule has 0 N–H and O–H groups in total. The number of carbonyl (C=O) groups is 2. The van der Waals surface area contributed by atoms with Crippen molar-refractivity contribution in [3.8, 4) is 0 Å². The number of para-hydroxylation sites is 3. The molecule has 2 atom stereocenters. The van der Waals surface area contributed by atoms with Crippen molar-refractivity contribution < 1.29 is 24.0 Å². The van der Waals surface area contributed by atoms with Gasteiger partial charge in [0.25, 0.3) is 5.69 Å². The molecule has 0 saturated carbocycles. The van der Waals surface area contributed by atoms with Gasteiger partial charge in [0.15, 0.2) is 5.92 Å². The van der Waals surface area contributed by atoms with E-state index in [-0.39, 0.29) is 24.4 Å². The molecule has 1 aromatic heterocycles. The fourth-order valence-electron chi connectivity index (χ4n) is 4.31. The van der Waals surface area contributed by atoms with Crippen LogP contribution in [0.25, 0.3) is 11.0 Å². The van der Waals surface area contributed by atoms with E-state index in [0.717, 1.165) is 0 Å². The SMILES string of the molecule is CCOC(=O)[C@H]1C(=O)N(CCCOC)c2nc3ccccc3n2[C@H]1c1ccccc1[N+](=O)[O-]. The van der Waals surface area contributed by atoms with Crippen LogP contribution < -0.4 is 4.90 Å². The van der Waals surface area contributed by atoms with Gasteiger partial charge in [-0.25, -0.2) is 4.98 Å². The summed E-state index contributed by atoms with van der Waals surface area (Å²) in [5, 5.41) is 11.9. The lowest BCUT2D eigenvalue weighted by molar-refractivity contribution is -0.385. The van der Waals surface area contributed by atoms with Crippen LogP contribution in [-0.4, -0.2) is 53.2 Å². The summed E-state index contributed by atoms with van der Waals surface area (Å²) in [5.41, 5.74) is 1.34. The highest BCUT2D eigenvalue weighted by Gasteiger charge is 2.49. The Morgan fingerprint density at radius 3 is 2.64 bits per heavy atom. The summed E-state index contributed by atoms with van der Waals surface area (Å²) >= 11 is 0. The van der Waals surface area contributed by atoms with Crippen LogP contribution in [-0.2, 0) is 19.1 Å². The van der Waals surface area contributed by atoms with Crippen LogP contribution in [0.5, 0.6) is 0 Å². The first-order valence-electron chi connectivity index (χ1n) is 10.7. The summed E-state index contributed by atoms with van der Waals surface area (Å²) < 4.78 is 12.1. The van der Waals surface area contributed by atoms with E-state index in [0.29, 0.717) is 30.0 Å². The Morgan fingerprint density at radius 2 is 1.91 bits per heavy atom. The number of hydrogen-bond donors (Lipinski definition) is 0. The number of hydrogen-bond acceptors (Lipinski definition) is 7. The lowest BCUT2D eigenvalue weighted by Crippen LogP contribution is -2.50. The Bertz CT molecular complexity index is 1210. The minimum atomic E-state index is -1.31. The second-order valence-electron chi connectivity index (χ2n) is 7.60. The van der Waals surface area contributed by atoms with E-state index in [4.69, 9.17) is 9.47 Å². The number of aromatic nitrogens is 2. The summed E-state index contributed by atoms with van der Waals surface area (Å²) in [4.78, 5) is 44.3. The highest BCUT2D eigenvalue weighted by atomic mass is 16.6. The molecule has 1 aliphatic rings. The molecule has 1 amide bonds. The monoisotopic (exact) mass is 452 g/mol. The number of benzene rings is 2. The summed E-state index contributed by atoms with van der Waals surface area (Å²) in [6.07, 6.45) is 0.525. The van der Waals surface area contributed by atoms with Crippen molar-refractivity contribution >= 4 is 34.5 Å². The molecule has 0 unspecified atom stereocenters. The Kier molecular flexibility index (Phi) is 6.36. The molecule has 0 saturated heterocycles. The fraction of sp³-hybridized carbons (Fsp3) is 0.348. The Hall–Kier alpha value is -3.79. The van der Waals surface area contributed by atoms with Crippen LogP contribution in [0.2, 0.25) is 0 Å². The largest absolute Gasteiger partial charge is 0.465 e. The number of nitrogens with zero attached hydrogens (tertiary/aromatic N) is 4. The summed E-state index contributed by atoms with van der Waals surface area (Å²) in [7, 11) is 1.57. The number of ether oxygens (including phenoxy) is 2. The number of fused-ring (bicyclic) bond motifs is 3. The zero-order chi connectivity index (χ0) is 23.5. The summed E-state index contributed by atoms with van der Waals surface area (Å²) in [5.74, 6) is -2.21. The zero-order valence-electron chi connectivity index (χ0n) is 18.3. The third-order valence-corrected chi connectivity index (χ3v) is 5.67. The van der Waals surface area contributed by atoms with Gasteiger partial charge in [0.2, 0.25) is 11.9 Å². The second-order valence-corrected chi connectivity index (χ2v) is 7.60. The number of esters is 1. The van der Waals surface area contributed by atoms with Crippen molar-refractivity contribution in [2.24, 2.45) is 5.92 Å². The highest BCUT2D eigenvalue weighted by Crippen LogP contribution is 2.43. The molecule has 33 heavy (non-hydrogen) atoms. The van der Waals surface area contributed by atoms with Crippen molar-refractivity contribution in [2.75, 3.05) is 31.8 Å². The molecule has 0 radical (unpaired) electrons. The predicted octanol–water partition coefficient (Wildman–Crippen LogP) is 3.10. The number of nitro benzene ring substituents is 1. The minimum Gasteiger partial charge on any atom is -0.465 e. The smallest absolute Gasteiger partial charge is 0.321 e. The van der Waals surface area contributed by atoms with E-state index < -0.39 is 28.8 Å². The van der Waals surface area contributed by atoms with Crippen LogP contribution in [0.3, 0.4) is 0 Å². The predicted molar refractivity (Wildman–Crippen MR) is 120 cm³/mol. The first-order valence-corrected chi connectivity index (χ1v) is 10.7. The number of nitro groups is 1. The topological polar surface area (TPSA) is 117 Å². The number of rotatable bonds is 8. The molecular weight excluding hydrogens is 428 g/mol.